The molecule has 2 heterocycles. The summed E-state index contributed by atoms with van der Waals surface area (Å²) < 4.78 is 73.2. The van der Waals surface area contributed by atoms with Crippen molar-refractivity contribution in [2.24, 2.45) is 4.99 Å². The molecule has 2 aliphatic rings. The number of hydrogen-bond acceptors (Lipinski definition) is 5. The van der Waals surface area contributed by atoms with E-state index in [1.54, 1.807) is 0 Å². The first-order chi connectivity index (χ1) is 16.1. The van der Waals surface area contributed by atoms with Gasteiger partial charge in [0.1, 0.15) is 5.84 Å². The molecule has 0 aliphatic carbocycles. The highest BCUT2D eigenvalue weighted by Crippen LogP contribution is 2.39. The molecule has 0 unspecified atom stereocenters. The van der Waals surface area contributed by atoms with Gasteiger partial charge in [-0.25, -0.2) is 8.42 Å². The molecule has 1 fully saturated rings. The van der Waals surface area contributed by atoms with E-state index in [2.05, 4.69) is 15.0 Å². The summed E-state index contributed by atoms with van der Waals surface area (Å²) in [6, 6.07) is 10.5. The fourth-order valence-electron chi connectivity index (χ4n) is 4.19. The molecule has 0 atom stereocenters. The van der Waals surface area contributed by atoms with Crippen LogP contribution >= 0.6 is 0 Å². The molecule has 0 radical (unpaired) electrons. The topological polar surface area (TPSA) is 96.9 Å². The van der Waals surface area contributed by atoms with E-state index >= 15 is 0 Å². The highest BCUT2D eigenvalue weighted by molar-refractivity contribution is 7.90. The highest BCUT2D eigenvalue weighted by atomic mass is 32.2. The van der Waals surface area contributed by atoms with E-state index in [9.17, 15) is 26.4 Å². The fraction of sp³-hybridized carbons (Fsp3) is 0.391. The number of anilines is 1. The van der Waals surface area contributed by atoms with Gasteiger partial charge in [0.15, 0.2) is 0 Å². The SMILES string of the molecule is O=C(Nc1cccc(S(=O)(=O)NC2=NCCC2)c1)C1(c2cccc(C(F)(F)F)c2)CCOCC1. The summed E-state index contributed by atoms with van der Waals surface area (Å²) in [5, 5.41) is 2.72. The Labute approximate surface area is 195 Å². The van der Waals surface area contributed by atoms with Crippen LogP contribution in [0.15, 0.2) is 58.4 Å². The zero-order chi connectivity index (χ0) is 24.4. The lowest BCUT2D eigenvalue weighted by atomic mass is 9.73. The molecule has 7 nitrogen and oxygen atoms in total. The molecule has 0 bridgehead atoms. The van der Waals surface area contributed by atoms with Crippen molar-refractivity contribution in [3.63, 3.8) is 0 Å². The monoisotopic (exact) mass is 495 g/mol. The maximum absolute atomic E-state index is 13.5. The Morgan fingerprint density at radius 2 is 1.79 bits per heavy atom. The van der Waals surface area contributed by atoms with E-state index in [1.165, 1.54) is 36.4 Å². The molecule has 2 aromatic rings. The van der Waals surface area contributed by atoms with Gasteiger partial charge in [-0.1, -0.05) is 24.3 Å². The van der Waals surface area contributed by atoms with E-state index in [0.29, 0.717) is 18.8 Å². The number of halogens is 3. The maximum Gasteiger partial charge on any atom is 0.416 e. The first-order valence-electron chi connectivity index (χ1n) is 10.8. The molecule has 0 aromatic heterocycles. The van der Waals surface area contributed by atoms with Gasteiger partial charge in [-0.2, -0.15) is 13.2 Å². The lowest BCUT2D eigenvalue weighted by Crippen LogP contribution is -2.45. The molecule has 2 N–H and O–H groups in total. The molecule has 4 rings (SSSR count). The summed E-state index contributed by atoms with van der Waals surface area (Å²) in [6.07, 6.45) is -2.84. The fourth-order valence-corrected chi connectivity index (χ4v) is 5.32. The van der Waals surface area contributed by atoms with E-state index in [-0.39, 0.29) is 42.2 Å². The molecule has 34 heavy (non-hydrogen) atoms. The second kappa shape index (κ2) is 9.38. The van der Waals surface area contributed by atoms with Crippen LogP contribution in [0.4, 0.5) is 18.9 Å². The number of ether oxygens (including phenoxy) is 1. The third-order valence-electron chi connectivity index (χ3n) is 6.05. The number of aliphatic imine (C=N–C) groups is 1. The third-order valence-corrected chi connectivity index (χ3v) is 7.43. The molecular formula is C23H24F3N3O4S. The van der Waals surface area contributed by atoms with Crippen molar-refractivity contribution < 1.29 is 31.1 Å². The standard InChI is InChI=1S/C23H24F3N3O4S/c24-23(25,26)17-5-1-4-16(14-17)22(9-12-33-13-10-22)21(30)28-18-6-2-7-19(15-18)34(31,32)29-20-8-3-11-27-20/h1-2,4-7,14-15H,3,8-13H2,(H,27,29)(H,28,30). The molecule has 0 spiro atoms. The van der Waals surface area contributed by atoms with Crippen LogP contribution in [0, 0.1) is 0 Å². The maximum atomic E-state index is 13.5. The Morgan fingerprint density at radius 1 is 1.06 bits per heavy atom. The van der Waals surface area contributed by atoms with Gasteiger partial charge in [0.25, 0.3) is 10.0 Å². The summed E-state index contributed by atoms with van der Waals surface area (Å²) in [5.74, 6) is -0.127. The lowest BCUT2D eigenvalue weighted by molar-refractivity contribution is -0.138. The molecule has 0 saturated carbocycles. The van der Waals surface area contributed by atoms with Crippen molar-refractivity contribution in [3.8, 4) is 0 Å². The first kappa shape index (κ1) is 24.2. The largest absolute Gasteiger partial charge is 0.416 e. The molecule has 1 saturated heterocycles. The highest BCUT2D eigenvalue weighted by Gasteiger charge is 2.43. The van der Waals surface area contributed by atoms with Crippen LogP contribution < -0.4 is 10.0 Å². The summed E-state index contributed by atoms with van der Waals surface area (Å²) in [7, 11) is -3.89. The number of nitrogens with one attached hydrogen (secondary N) is 2. The lowest BCUT2D eigenvalue weighted by Gasteiger charge is -2.36. The quantitative estimate of drug-likeness (QED) is 0.658. The molecule has 182 valence electrons. The molecule has 1 amide bonds. The van der Waals surface area contributed by atoms with Gasteiger partial charge in [0.2, 0.25) is 5.91 Å². The van der Waals surface area contributed by atoms with Gasteiger partial charge in [0, 0.05) is 31.9 Å². The summed E-state index contributed by atoms with van der Waals surface area (Å²) in [4.78, 5) is 17.5. The molecule has 11 heteroatoms. The number of benzene rings is 2. The molecular weight excluding hydrogens is 471 g/mol. The number of alkyl halides is 3. The Hall–Kier alpha value is -2.92. The van der Waals surface area contributed by atoms with Gasteiger partial charge in [0.05, 0.1) is 15.9 Å². The van der Waals surface area contributed by atoms with Crippen molar-refractivity contribution in [2.75, 3.05) is 25.1 Å². The van der Waals surface area contributed by atoms with Crippen molar-refractivity contribution in [3.05, 3.63) is 59.7 Å². The van der Waals surface area contributed by atoms with Crippen LogP contribution in [0.25, 0.3) is 0 Å². The number of sulfonamides is 1. The summed E-state index contributed by atoms with van der Waals surface area (Å²) >= 11 is 0. The van der Waals surface area contributed by atoms with Crippen LogP contribution in [0.3, 0.4) is 0 Å². The Bertz CT molecular complexity index is 1210. The van der Waals surface area contributed by atoms with Gasteiger partial charge in [-0.3, -0.25) is 14.5 Å². The minimum atomic E-state index is -4.54. The second-order valence-corrected chi connectivity index (χ2v) is 9.97. The van der Waals surface area contributed by atoms with Crippen LogP contribution in [0.5, 0.6) is 0 Å². The Kier molecular flexibility index (Phi) is 6.68. The molecule has 2 aliphatic heterocycles. The zero-order valence-electron chi connectivity index (χ0n) is 18.2. The van der Waals surface area contributed by atoms with Crippen molar-refractivity contribution in [2.45, 2.75) is 42.2 Å². The van der Waals surface area contributed by atoms with Gasteiger partial charge in [-0.05, 0) is 49.1 Å². The van der Waals surface area contributed by atoms with E-state index in [4.69, 9.17) is 4.74 Å². The van der Waals surface area contributed by atoms with Crippen LogP contribution in [0.1, 0.15) is 36.8 Å². The number of amides is 1. The van der Waals surface area contributed by atoms with Crippen LogP contribution in [-0.4, -0.2) is 39.9 Å². The van der Waals surface area contributed by atoms with Crippen LogP contribution in [0.2, 0.25) is 0 Å². The van der Waals surface area contributed by atoms with E-state index in [0.717, 1.165) is 18.6 Å². The average Bonchev–Trinajstić information content (AvgIpc) is 3.31. The average molecular weight is 496 g/mol. The number of nitrogens with zero attached hydrogens (tertiary/aromatic N) is 1. The first-order valence-corrected chi connectivity index (χ1v) is 12.3. The zero-order valence-corrected chi connectivity index (χ0v) is 19.0. The number of amidine groups is 1. The second-order valence-electron chi connectivity index (χ2n) is 8.29. The van der Waals surface area contributed by atoms with Crippen molar-refractivity contribution in [1.29, 1.82) is 0 Å². The van der Waals surface area contributed by atoms with Crippen molar-refractivity contribution >= 4 is 27.5 Å². The summed E-state index contributed by atoms with van der Waals surface area (Å²) in [5.41, 5.74) is -1.62. The van der Waals surface area contributed by atoms with E-state index in [1.807, 2.05) is 0 Å². The normalized spacial score (nSPS) is 18.3. The van der Waals surface area contributed by atoms with Crippen molar-refractivity contribution in [1.82, 2.24) is 4.72 Å². The van der Waals surface area contributed by atoms with E-state index < -0.39 is 33.1 Å². The number of carbonyl (C=O) groups is 1. The number of carbonyl (C=O) groups excluding carboxylic acids is 1. The Morgan fingerprint density at radius 3 is 2.47 bits per heavy atom. The number of rotatable bonds is 5. The Balaban J connectivity index is 1.62. The number of hydrogen-bond donors (Lipinski definition) is 2. The van der Waals surface area contributed by atoms with Gasteiger partial charge in [-0.15, -0.1) is 0 Å². The predicted octanol–water partition coefficient (Wildman–Crippen LogP) is 3.86. The third kappa shape index (κ3) is 5.10. The minimum absolute atomic E-state index is 0.0556. The minimum Gasteiger partial charge on any atom is -0.381 e. The molecule has 2 aromatic carbocycles. The smallest absolute Gasteiger partial charge is 0.381 e. The van der Waals surface area contributed by atoms with Gasteiger partial charge < -0.3 is 10.1 Å². The van der Waals surface area contributed by atoms with Crippen LogP contribution in [-0.2, 0) is 31.1 Å². The summed E-state index contributed by atoms with van der Waals surface area (Å²) in [6.45, 7) is 0.990. The predicted molar refractivity (Wildman–Crippen MR) is 120 cm³/mol. The van der Waals surface area contributed by atoms with Gasteiger partial charge >= 0.3 is 6.18 Å².